The number of rotatable bonds is 6. The van der Waals surface area contributed by atoms with Gasteiger partial charge in [0.15, 0.2) is 0 Å². The van der Waals surface area contributed by atoms with Gasteiger partial charge >= 0.3 is 5.97 Å². The van der Waals surface area contributed by atoms with Crippen molar-refractivity contribution in [3.63, 3.8) is 0 Å². The third-order valence-corrected chi connectivity index (χ3v) is 4.80. The number of hydrogen-bond donors (Lipinski definition) is 2. The van der Waals surface area contributed by atoms with Gasteiger partial charge in [-0.15, -0.1) is 0 Å². The smallest absolute Gasteiger partial charge is 0.306 e. The Kier molecular flexibility index (Phi) is 5.96. The van der Waals surface area contributed by atoms with Crippen LogP contribution in [0.15, 0.2) is 48.5 Å². The maximum atomic E-state index is 12.6. The lowest BCUT2D eigenvalue weighted by Crippen LogP contribution is -2.31. The summed E-state index contributed by atoms with van der Waals surface area (Å²) in [6.45, 7) is 0. The lowest BCUT2D eigenvalue weighted by atomic mass is 9.81. The normalized spacial score (nSPS) is 19.1. The van der Waals surface area contributed by atoms with Gasteiger partial charge in [-0.2, -0.15) is 0 Å². The minimum Gasteiger partial charge on any atom is -0.494 e. The number of amides is 1. The molecule has 27 heavy (non-hydrogen) atoms. The highest BCUT2D eigenvalue weighted by atomic mass is 16.5. The molecule has 1 aliphatic carbocycles. The highest BCUT2D eigenvalue weighted by Gasteiger charge is 2.31. The zero-order valence-corrected chi connectivity index (χ0v) is 15.2. The van der Waals surface area contributed by atoms with Gasteiger partial charge in [0.25, 0.3) is 0 Å². The number of aliphatic carboxylic acids is 1. The Morgan fingerprint density at radius 3 is 2.48 bits per heavy atom. The molecule has 142 valence electrons. The number of carbonyl (C=O) groups is 2. The molecular formula is C21H23NO5. The van der Waals surface area contributed by atoms with E-state index in [-0.39, 0.29) is 11.8 Å². The summed E-state index contributed by atoms with van der Waals surface area (Å²) < 4.78 is 11.2. The molecule has 2 N–H and O–H groups in total. The van der Waals surface area contributed by atoms with Crippen LogP contribution in [0.25, 0.3) is 0 Å². The van der Waals surface area contributed by atoms with E-state index in [0.717, 1.165) is 6.42 Å². The van der Waals surface area contributed by atoms with Crippen LogP contribution in [0.4, 0.5) is 5.69 Å². The van der Waals surface area contributed by atoms with Gasteiger partial charge < -0.3 is 19.9 Å². The predicted octanol–water partition coefficient (Wildman–Crippen LogP) is 4.32. The zero-order chi connectivity index (χ0) is 19.2. The first-order valence-corrected chi connectivity index (χ1v) is 9.01. The minimum absolute atomic E-state index is 0.170. The number of para-hydroxylation sites is 1. The van der Waals surface area contributed by atoms with Gasteiger partial charge in [0, 0.05) is 12.0 Å². The molecule has 0 heterocycles. The van der Waals surface area contributed by atoms with Gasteiger partial charge in [-0.25, -0.2) is 0 Å². The second-order valence-electron chi connectivity index (χ2n) is 6.67. The number of methoxy groups -OCH3 is 1. The Morgan fingerprint density at radius 2 is 1.78 bits per heavy atom. The van der Waals surface area contributed by atoms with Crippen molar-refractivity contribution >= 4 is 17.6 Å². The summed E-state index contributed by atoms with van der Waals surface area (Å²) in [6.07, 6.45) is 2.45. The fraction of sp³-hybridized carbons (Fsp3) is 0.333. The third kappa shape index (κ3) is 4.78. The number of hydrogen-bond acceptors (Lipinski definition) is 4. The van der Waals surface area contributed by atoms with Crippen LogP contribution in [-0.4, -0.2) is 24.1 Å². The maximum Gasteiger partial charge on any atom is 0.306 e. The van der Waals surface area contributed by atoms with Gasteiger partial charge in [0.2, 0.25) is 5.91 Å². The summed E-state index contributed by atoms with van der Waals surface area (Å²) in [5.41, 5.74) is 0.542. The van der Waals surface area contributed by atoms with Crippen LogP contribution in [0, 0.1) is 11.8 Å². The van der Waals surface area contributed by atoms with Gasteiger partial charge in [-0.3, -0.25) is 9.59 Å². The molecule has 3 rings (SSSR count). The van der Waals surface area contributed by atoms with E-state index >= 15 is 0 Å². The standard InChI is InChI=1S/C21H23NO5/c1-26-19-13-17(27-16-8-3-2-4-9-16)10-11-18(19)22-20(23)14-6-5-7-15(12-14)21(24)25/h2-4,8-11,13-15H,5-7,12H2,1H3,(H,22,23)(H,24,25). The highest BCUT2D eigenvalue weighted by molar-refractivity contribution is 5.94. The molecule has 0 radical (unpaired) electrons. The maximum absolute atomic E-state index is 12.6. The van der Waals surface area contributed by atoms with Crippen LogP contribution in [0.3, 0.4) is 0 Å². The summed E-state index contributed by atoms with van der Waals surface area (Å²) >= 11 is 0. The molecule has 0 aromatic heterocycles. The van der Waals surface area contributed by atoms with E-state index in [0.29, 0.717) is 42.2 Å². The van der Waals surface area contributed by atoms with Gasteiger partial charge in [0.05, 0.1) is 18.7 Å². The average molecular weight is 369 g/mol. The molecule has 2 atom stereocenters. The van der Waals surface area contributed by atoms with Crippen LogP contribution >= 0.6 is 0 Å². The van der Waals surface area contributed by atoms with Crippen molar-refractivity contribution in [3.8, 4) is 17.2 Å². The van der Waals surface area contributed by atoms with E-state index in [4.69, 9.17) is 9.47 Å². The largest absolute Gasteiger partial charge is 0.494 e. The van der Waals surface area contributed by atoms with Gasteiger partial charge in [-0.1, -0.05) is 24.6 Å². The lowest BCUT2D eigenvalue weighted by Gasteiger charge is -2.26. The first-order valence-electron chi connectivity index (χ1n) is 9.01. The number of anilines is 1. The van der Waals surface area contributed by atoms with Crippen molar-refractivity contribution in [1.29, 1.82) is 0 Å². The van der Waals surface area contributed by atoms with Crippen LogP contribution < -0.4 is 14.8 Å². The summed E-state index contributed by atoms with van der Waals surface area (Å²) in [4.78, 5) is 23.8. The van der Waals surface area contributed by atoms with E-state index in [1.54, 1.807) is 18.2 Å². The summed E-state index contributed by atoms with van der Waals surface area (Å²) in [7, 11) is 1.53. The molecule has 0 saturated heterocycles. The number of nitrogens with one attached hydrogen (secondary N) is 1. The Bertz CT molecular complexity index is 805. The second-order valence-corrected chi connectivity index (χ2v) is 6.67. The van der Waals surface area contributed by atoms with Crippen molar-refractivity contribution in [2.24, 2.45) is 11.8 Å². The Hall–Kier alpha value is -3.02. The van der Waals surface area contributed by atoms with Gasteiger partial charge in [-0.05, 0) is 43.5 Å². The quantitative estimate of drug-likeness (QED) is 0.792. The van der Waals surface area contributed by atoms with E-state index in [2.05, 4.69) is 5.32 Å². The van der Waals surface area contributed by atoms with Crippen LogP contribution in [0.5, 0.6) is 17.2 Å². The highest BCUT2D eigenvalue weighted by Crippen LogP contribution is 2.34. The minimum atomic E-state index is -0.826. The van der Waals surface area contributed by atoms with Crippen molar-refractivity contribution in [1.82, 2.24) is 0 Å². The molecule has 1 saturated carbocycles. The molecule has 6 nitrogen and oxygen atoms in total. The fourth-order valence-corrected chi connectivity index (χ4v) is 3.35. The summed E-state index contributed by atoms with van der Waals surface area (Å²) in [5.74, 6) is 0.0478. The monoisotopic (exact) mass is 369 g/mol. The van der Waals surface area contributed by atoms with E-state index < -0.39 is 11.9 Å². The topological polar surface area (TPSA) is 84.9 Å². The second kappa shape index (κ2) is 8.58. The molecule has 1 fully saturated rings. The van der Waals surface area contributed by atoms with E-state index in [1.165, 1.54) is 7.11 Å². The molecule has 6 heteroatoms. The van der Waals surface area contributed by atoms with Crippen molar-refractivity contribution in [2.75, 3.05) is 12.4 Å². The molecule has 2 aromatic carbocycles. The average Bonchev–Trinajstić information content (AvgIpc) is 2.70. The van der Waals surface area contributed by atoms with E-state index in [1.807, 2.05) is 30.3 Å². The predicted molar refractivity (Wildman–Crippen MR) is 101 cm³/mol. The lowest BCUT2D eigenvalue weighted by molar-refractivity contribution is -0.143. The molecular weight excluding hydrogens is 346 g/mol. The third-order valence-electron chi connectivity index (χ3n) is 4.80. The Labute approximate surface area is 158 Å². The van der Waals surface area contributed by atoms with Crippen LogP contribution in [0.1, 0.15) is 25.7 Å². The number of carboxylic acids is 1. The molecule has 1 amide bonds. The first kappa shape index (κ1) is 18.8. The Morgan fingerprint density at radius 1 is 1.04 bits per heavy atom. The fourth-order valence-electron chi connectivity index (χ4n) is 3.35. The molecule has 0 bridgehead atoms. The number of benzene rings is 2. The van der Waals surface area contributed by atoms with Gasteiger partial charge in [0.1, 0.15) is 17.2 Å². The molecule has 2 aromatic rings. The summed E-state index contributed by atoms with van der Waals surface area (Å²) in [6, 6.07) is 14.6. The van der Waals surface area contributed by atoms with Crippen molar-refractivity contribution < 1.29 is 24.2 Å². The van der Waals surface area contributed by atoms with Crippen molar-refractivity contribution in [3.05, 3.63) is 48.5 Å². The molecule has 0 spiro atoms. The summed E-state index contributed by atoms with van der Waals surface area (Å²) in [5, 5.41) is 12.1. The molecule has 0 aliphatic heterocycles. The SMILES string of the molecule is COc1cc(Oc2ccccc2)ccc1NC(=O)C1CCCC(C(=O)O)C1. The van der Waals surface area contributed by atoms with Crippen LogP contribution in [0.2, 0.25) is 0 Å². The van der Waals surface area contributed by atoms with Crippen LogP contribution in [-0.2, 0) is 9.59 Å². The molecule has 2 unspecified atom stereocenters. The number of carbonyl (C=O) groups excluding carboxylic acids is 1. The van der Waals surface area contributed by atoms with E-state index in [9.17, 15) is 14.7 Å². The van der Waals surface area contributed by atoms with Crippen molar-refractivity contribution in [2.45, 2.75) is 25.7 Å². The zero-order valence-electron chi connectivity index (χ0n) is 15.2. The Balaban J connectivity index is 1.69. The first-order chi connectivity index (χ1) is 13.1. The molecule has 1 aliphatic rings. The number of carboxylic acid groups (broad SMARTS) is 1. The number of ether oxygens (including phenoxy) is 2.